The molecular weight excluding hydrogens is 324 g/mol. The van der Waals surface area contributed by atoms with Crippen LogP contribution in [0.5, 0.6) is 0 Å². The lowest BCUT2D eigenvalue weighted by Gasteiger charge is -2.35. The standard InChI is InChI=1S/C18H25ClN4O/c1-11-14(9-20)16(21-12(2)15(11)19)23-8-6-7-13(10-23)17(24)22-18(3,4)5/h13H,6-8,10H2,1-5H3,(H,22,24). The number of hydrogen-bond donors (Lipinski definition) is 1. The van der Waals surface area contributed by atoms with Crippen LogP contribution in [0.25, 0.3) is 0 Å². The van der Waals surface area contributed by atoms with E-state index in [-0.39, 0.29) is 17.4 Å². The van der Waals surface area contributed by atoms with E-state index < -0.39 is 0 Å². The first-order valence-electron chi connectivity index (χ1n) is 8.28. The topological polar surface area (TPSA) is 69.0 Å². The number of anilines is 1. The average Bonchev–Trinajstić information content (AvgIpc) is 2.51. The maximum absolute atomic E-state index is 12.5. The van der Waals surface area contributed by atoms with Crippen molar-refractivity contribution in [2.24, 2.45) is 5.92 Å². The molecule has 24 heavy (non-hydrogen) atoms. The number of carbonyl (C=O) groups excluding carboxylic acids is 1. The van der Waals surface area contributed by atoms with Crippen molar-refractivity contribution in [2.45, 2.75) is 53.0 Å². The van der Waals surface area contributed by atoms with Gasteiger partial charge < -0.3 is 10.2 Å². The Kier molecular flexibility index (Phi) is 5.39. The third-order valence-corrected chi connectivity index (χ3v) is 4.78. The first-order valence-corrected chi connectivity index (χ1v) is 8.65. The van der Waals surface area contributed by atoms with E-state index in [9.17, 15) is 10.1 Å². The molecular formula is C18H25ClN4O. The molecule has 6 heteroatoms. The molecule has 1 aliphatic rings. The SMILES string of the molecule is Cc1nc(N2CCCC(C(=O)NC(C)(C)C)C2)c(C#N)c(C)c1Cl. The molecule has 0 spiro atoms. The molecule has 0 aliphatic carbocycles. The Morgan fingerprint density at radius 1 is 1.42 bits per heavy atom. The lowest BCUT2D eigenvalue weighted by atomic mass is 9.95. The monoisotopic (exact) mass is 348 g/mol. The zero-order valence-electron chi connectivity index (χ0n) is 15.0. The first-order chi connectivity index (χ1) is 11.1. The molecule has 1 aromatic rings. The average molecular weight is 349 g/mol. The van der Waals surface area contributed by atoms with Crippen molar-refractivity contribution < 1.29 is 4.79 Å². The van der Waals surface area contributed by atoms with E-state index in [1.807, 2.05) is 39.5 Å². The van der Waals surface area contributed by atoms with Crippen LogP contribution in [0.2, 0.25) is 5.02 Å². The summed E-state index contributed by atoms with van der Waals surface area (Å²) >= 11 is 6.23. The van der Waals surface area contributed by atoms with E-state index in [2.05, 4.69) is 16.4 Å². The number of carbonyl (C=O) groups is 1. The Hall–Kier alpha value is -1.80. The second kappa shape index (κ2) is 6.98. The summed E-state index contributed by atoms with van der Waals surface area (Å²) in [6, 6.07) is 2.22. The minimum atomic E-state index is -0.247. The zero-order valence-corrected chi connectivity index (χ0v) is 15.8. The van der Waals surface area contributed by atoms with Gasteiger partial charge in [-0.3, -0.25) is 4.79 Å². The van der Waals surface area contributed by atoms with Crippen LogP contribution < -0.4 is 10.2 Å². The van der Waals surface area contributed by atoms with Gasteiger partial charge in [0.05, 0.1) is 22.2 Å². The fourth-order valence-corrected chi connectivity index (χ4v) is 3.17. The van der Waals surface area contributed by atoms with Gasteiger partial charge in [-0.1, -0.05) is 11.6 Å². The molecule has 2 rings (SSSR count). The number of halogens is 1. The summed E-state index contributed by atoms with van der Waals surface area (Å²) in [5.74, 6) is 0.612. The van der Waals surface area contributed by atoms with E-state index in [0.717, 1.165) is 24.9 Å². The van der Waals surface area contributed by atoms with Crippen molar-refractivity contribution in [2.75, 3.05) is 18.0 Å². The van der Waals surface area contributed by atoms with Gasteiger partial charge in [-0.05, 0) is 53.0 Å². The molecule has 1 saturated heterocycles. The Bertz CT molecular complexity index is 688. The molecule has 1 N–H and O–H groups in total. The molecule has 1 aromatic heterocycles. The molecule has 0 aromatic carbocycles. The third-order valence-electron chi connectivity index (χ3n) is 4.22. The van der Waals surface area contributed by atoms with Gasteiger partial charge >= 0.3 is 0 Å². The molecule has 1 atom stereocenters. The quantitative estimate of drug-likeness (QED) is 0.889. The summed E-state index contributed by atoms with van der Waals surface area (Å²) < 4.78 is 0. The van der Waals surface area contributed by atoms with E-state index in [1.165, 1.54) is 0 Å². The van der Waals surface area contributed by atoms with E-state index in [1.54, 1.807) is 0 Å². The van der Waals surface area contributed by atoms with E-state index in [0.29, 0.717) is 28.6 Å². The molecule has 2 heterocycles. The molecule has 0 saturated carbocycles. The summed E-state index contributed by atoms with van der Waals surface area (Å²) in [5.41, 5.74) is 1.72. The Balaban J connectivity index is 2.28. The highest BCUT2D eigenvalue weighted by Gasteiger charge is 2.30. The van der Waals surface area contributed by atoms with Crippen LogP contribution in [0.3, 0.4) is 0 Å². The van der Waals surface area contributed by atoms with Crippen molar-refractivity contribution in [3.8, 4) is 6.07 Å². The number of hydrogen-bond acceptors (Lipinski definition) is 4. The number of pyridine rings is 1. The number of aromatic nitrogens is 1. The predicted molar refractivity (Wildman–Crippen MR) is 96.3 cm³/mol. The summed E-state index contributed by atoms with van der Waals surface area (Å²) in [7, 11) is 0. The van der Waals surface area contributed by atoms with Gasteiger partial charge in [0, 0.05) is 18.6 Å². The molecule has 5 nitrogen and oxygen atoms in total. The summed E-state index contributed by atoms with van der Waals surface area (Å²) in [5, 5.41) is 13.1. The van der Waals surface area contributed by atoms with Gasteiger partial charge in [-0.2, -0.15) is 5.26 Å². The van der Waals surface area contributed by atoms with Crippen LogP contribution >= 0.6 is 11.6 Å². The highest BCUT2D eigenvalue weighted by molar-refractivity contribution is 6.32. The van der Waals surface area contributed by atoms with Crippen molar-refractivity contribution in [3.05, 3.63) is 21.8 Å². The van der Waals surface area contributed by atoms with Crippen molar-refractivity contribution in [1.29, 1.82) is 5.26 Å². The maximum Gasteiger partial charge on any atom is 0.225 e. The summed E-state index contributed by atoms with van der Waals surface area (Å²) in [4.78, 5) is 19.1. The predicted octanol–water partition coefficient (Wildman–Crippen LogP) is 3.35. The van der Waals surface area contributed by atoms with Crippen molar-refractivity contribution in [3.63, 3.8) is 0 Å². The van der Waals surface area contributed by atoms with Crippen LogP contribution in [0.4, 0.5) is 5.82 Å². The molecule has 1 amide bonds. The Morgan fingerprint density at radius 2 is 2.08 bits per heavy atom. The van der Waals surface area contributed by atoms with Crippen molar-refractivity contribution >= 4 is 23.3 Å². The van der Waals surface area contributed by atoms with Gasteiger partial charge in [0.15, 0.2) is 0 Å². The number of nitrogens with zero attached hydrogens (tertiary/aromatic N) is 3. The molecule has 1 fully saturated rings. The lowest BCUT2D eigenvalue weighted by Crippen LogP contribution is -2.49. The normalized spacial score (nSPS) is 18.2. The van der Waals surface area contributed by atoms with Gasteiger partial charge in [0.1, 0.15) is 11.9 Å². The van der Waals surface area contributed by atoms with Crippen LogP contribution in [-0.2, 0) is 4.79 Å². The van der Waals surface area contributed by atoms with Gasteiger partial charge in [0.2, 0.25) is 5.91 Å². The van der Waals surface area contributed by atoms with Gasteiger partial charge in [0.25, 0.3) is 0 Å². The molecule has 0 bridgehead atoms. The van der Waals surface area contributed by atoms with Crippen LogP contribution in [0, 0.1) is 31.1 Å². The maximum atomic E-state index is 12.5. The lowest BCUT2D eigenvalue weighted by molar-refractivity contribution is -0.126. The largest absolute Gasteiger partial charge is 0.355 e. The van der Waals surface area contributed by atoms with Crippen LogP contribution in [-0.4, -0.2) is 29.5 Å². The second-order valence-electron chi connectivity index (χ2n) is 7.47. The molecule has 1 unspecified atom stereocenters. The minimum absolute atomic E-state index is 0.0631. The number of nitriles is 1. The third kappa shape index (κ3) is 3.99. The molecule has 1 aliphatic heterocycles. The number of piperidine rings is 1. The van der Waals surface area contributed by atoms with Crippen molar-refractivity contribution in [1.82, 2.24) is 10.3 Å². The summed E-state index contributed by atoms with van der Waals surface area (Å²) in [6.45, 7) is 11.0. The first kappa shape index (κ1) is 18.5. The number of amides is 1. The molecule has 0 radical (unpaired) electrons. The van der Waals surface area contributed by atoms with E-state index >= 15 is 0 Å². The van der Waals surface area contributed by atoms with E-state index in [4.69, 9.17) is 11.6 Å². The smallest absolute Gasteiger partial charge is 0.225 e. The number of rotatable bonds is 2. The number of aryl methyl sites for hydroxylation is 1. The summed E-state index contributed by atoms with van der Waals surface area (Å²) in [6.07, 6.45) is 1.75. The second-order valence-corrected chi connectivity index (χ2v) is 7.85. The highest BCUT2D eigenvalue weighted by Crippen LogP contribution is 2.31. The number of nitrogens with one attached hydrogen (secondary N) is 1. The highest BCUT2D eigenvalue weighted by atomic mass is 35.5. The zero-order chi connectivity index (χ0) is 18.1. The van der Waals surface area contributed by atoms with Crippen LogP contribution in [0.1, 0.15) is 50.4 Å². The fraction of sp³-hybridized carbons (Fsp3) is 0.611. The van der Waals surface area contributed by atoms with Crippen LogP contribution in [0.15, 0.2) is 0 Å². The molecule has 130 valence electrons. The van der Waals surface area contributed by atoms with Gasteiger partial charge in [-0.15, -0.1) is 0 Å². The minimum Gasteiger partial charge on any atom is -0.355 e. The Labute approximate surface area is 149 Å². The fourth-order valence-electron chi connectivity index (χ4n) is 3.03. The van der Waals surface area contributed by atoms with Gasteiger partial charge in [-0.25, -0.2) is 4.98 Å². The Morgan fingerprint density at radius 3 is 2.67 bits per heavy atom.